The van der Waals surface area contributed by atoms with Gasteiger partial charge in [-0.2, -0.15) is 5.10 Å². The van der Waals surface area contributed by atoms with Crippen LogP contribution in [0.1, 0.15) is 45.3 Å². The Labute approximate surface area is 104 Å². The van der Waals surface area contributed by atoms with Gasteiger partial charge < -0.3 is 10.1 Å². The molecule has 0 aliphatic heterocycles. The highest BCUT2D eigenvalue weighted by Gasteiger charge is 2.14. The average molecular weight is 239 g/mol. The predicted molar refractivity (Wildman–Crippen MR) is 70.0 cm³/mol. The molecule has 1 atom stereocenters. The Bertz CT molecular complexity index is 299. The van der Waals surface area contributed by atoms with Gasteiger partial charge >= 0.3 is 0 Å². The summed E-state index contributed by atoms with van der Waals surface area (Å²) in [6.07, 6.45) is 3.99. The summed E-state index contributed by atoms with van der Waals surface area (Å²) < 4.78 is 7.54. The number of rotatable bonds is 9. The quantitative estimate of drug-likeness (QED) is 0.672. The van der Waals surface area contributed by atoms with Gasteiger partial charge in [-0.15, -0.1) is 0 Å². The molecule has 0 bridgehead atoms. The van der Waals surface area contributed by atoms with Gasteiger partial charge in [-0.1, -0.05) is 13.8 Å². The van der Waals surface area contributed by atoms with E-state index in [-0.39, 0.29) is 0 Å². The number of hydrogen-bond acceptors (Lipinski definition) is 3. The molecule has 17 heavy (non-hydrogen) atoms. The van der Waals surface area contributed by atoms with Crippen LogP contribution in [0.15, 0.2) is 12.3 Å². The van der Waals surface area contributed by atoms with Gasteiger partial charge in [0.2, 0.25) is 0 Å². The van der Waals surface area contributed by atoms with Crippen molar-refractivity contribution in [1.29, 1.82) is 0 Å². The molecular weight excluding hydrogens is 214 g/mol. The van der Waals surface area contributed by atoms with Crippen LogP contribution < -0.4 is 5.32 Å². The third-order valence-corrected chi connectivity index (χ3v) is 2.75. The van der Waals surface area contributed by atoms with Gasteiger partial charge in [0.05, 0.1) is 11.7 Å². The fourth-order valence-corrected chi connectivity index (χ4v) is 1.98. The molecule has 4 nitrogen and oxygen atoms in total. The summed E-state index contributed by atoms with van der Waals surface area (Å²) in [5.74, 6) is 0. The van der Waals surface area contributed by atoms with Gasteiger partial charge in [0, 0.05) is 26.0 Å². The fourth-order valence-electron chi connectivity index (χ4n) is 1.98. The highest BCUT2D eigenvalue weighted by Crippen LogP contribution is 2.16. The first kappa shape index (κ1) is 14.2. The van der Waals surface area contributed by atoms with E-state index in [1.54, 1.807) is 0 Å². The molecule has 1 aromatic rings. The molecule has 0 amide bonds. The molecule has 0 spiro atoms. The van der Waals surface area contributed by atoms with Crippen molar-refractivity contribution >= 4 is 0 Å². The molecule has 4 heteroatoms. The van der Waals surface area contributed by atoms with E-state index in [4.69, 9.17) is 4.74 Å². The normalized spacial score (nSPS) is 12.9. The zero-order chi connectivity index (χ0) is 12.5. The average Bonchev–Trinajstić information content (AvgIpc) is 2.77. The molecule has 0 aliphatic rings. The van der Waals surface area contributed by atoms with E-state index in [1.165, 1.54) is 5.69 Å². The van der Waals surface area contributed by atoms with Crippen LogP contribution in [-0.4, -0.2) is 29.5 Å². The second kappa shape index (κ2) is 8.25. The Morgan fingerprint density at radius 3 is 2.88 bits per heavy atom. The lowest BCUT2D eigenvalue weighted by atomic mass is 10.1. The third kappa shape index (κ3) is 4.48. The minimum absolute atomic E-state index is 0.348. The zero-order valence-electron chi connectivity index (χ0n) is 11.3. The fraction of sp³-hybridized carbons (Fsp3) is 0.769. The largest absolute Gasteiger partial charge is 0.382 e. The highest BCUT2D eigenvalue weighted by atomic mass is 16.5. The Hall–Kier alpha value is -0.870. The summed E-state index contributed by atoms with van der Waals surface area (Å²) in [6.45, 7) is 9.87. The van der Waals surface area contributed by atoms with E-state index >= 15 is 0 Å². The van der Waals surface area contributed by atoms with E-state index in [0.29, 0.717) is 6.04 Å². The Morgan fingerprint density at radius 2 is 2.24 bits per heavy atom. The van der Waals surface area contributed by atoms with Crippen molar-refractivity contribution in [2.45, 2.75) is 46.2 Å². The maximum atomic E-state index is 5.44. The summed E-state index contributed by atoms with van der Waals surface area (Å²) in [4.78, 5) is 0. The first-order chi connectivity index (χ1) is 8.33. The van der Waals surface area contributed by atoms with Crippen molar-refractivity contribution in [1.82, 2.24) is 15.1 Å². The van der Waals surface area contributed by atoms with Gasteiger partial charge in [0.1, 0.15) is 0 Å². The lowest BCUT2D eigenvalue weighted by Gasteiger charge is -2.19. The topological polar surface area (TPSA) is 39.1 Å². The van der Waals surface area contributed by atoms with Gasteiger partial charge in [-0.25, -0.2) is 0 Å². The van der Waals surface area contributed by atoms with Crippen LogP contribution in [0.25, 0.3) is 0 Å². The van der Waals surface area contributed by atoms with Gasteiger partial charge in [-0.05, 0) is 32.4 Å². The summed E-state index contributed by atoms with van der Waals surface area (Å²) in [7, 11) is 0. The molecule has 1 heterocycles. The first-order valence-electron chi connectivity index (χ1n) is 6.66. The van der Waals surface area contributed by atoms with Crippen molar-refractivity contribution in [3.05, 3.63) is 18.0 Å². The number of nitrogens with one attached hydrogen (secondary N) is 1. The van der Waals surface area contributed by atoms with Gasteiger partial charge in [0.25, 0.3) is 0 Å². The second-order valence-electron chi connectivity index (χ2n) is 4.08. The highest BCUT2D eigenvalue weighted by molar-refractivity contribution is 5.07. The predicted octanol–water partition coefficient (Wildman–Crippen LogP) is 2.37. The van der Waals surface area contributed by atoms with E-state index in [9.17, 15) is 0 Å². The van der Waals surface area contributed by atoms with Crippen LogP contribution >= 0.6 is 0 Å². The summed E-state index contributed by atoms with van der Waals surface area (Å²) >= 11 is 0. The van der Waals surface area contributed by atoms with Gasteiger partial charge in [-0.3, -0.25) is 4.68 Å². The van der Waals surface area contributed by atoms with Crippen LogP contribution in [0.5, 0.6) is 0 Å². The molecule has 0 radical (unpaired) electrons. The third-order valence-electron chi connectivity index (χ3n) is 2.75. The van der Waals surface area contributed by atoms with Crippen molar-refractivity contribution in [2.24, 2.45) is 0 Å². The van der Waals surface area contributed by atoms with Crippen molar-refractivity contribution in [3.8, 4) is 0 Å². The van der Waals surface area contributed by atoms with Crippen LogP contribution in [0.2, 0.25) is 0 Å². The molecule has 0 aromatic carbocycles. The van der Waals surface area contributed by atoms with Crippen molar-refractivity contribution < 1.29 is 4.74 Å². The maximum Gasteiger partial charge on any atom is 0.0554 e. The molecule has 0 aliphatic carbocycles. The second-order valence-corrected chi connectivity index (χ2v) is 4.08. The van der Waals surface area contributed by atoms with Crippen molar-refractivity contribution in [3.63, 3.8) is 0 Å². The smallest absolute Gasteiger partial charge is 0.0554 e. The lowest BCUT2D eigenvalue weighted by Crippen LogP contribution is -2.25. The molecule has 0 saturated heterocycles. The molecule has 98 valence electrons. The number of ether oxygens (including phenoxy) is 1. The van der Waals surface area contributed by atoms with Crippen molar-refractivity contribution in [2.75, 3.05) is 19.8 Å². The Balaban J connectivity index is 2.63. The molecule has 1 aromatic heterocycles. The lowest BCUT2D eigenvalue weighted by molar-refractivity contribution is 0.135. The SMILES string of the molecule is CCCn1nccc1C(CCOCC)NCC. The van der Waals surface area contributed by atoms with E-state index in [0.717, 1.165) is 39.1 Å². The minimum atomic E-state index is 0.348. The van der Waals surface area contributed by atoms with E-state index in [1.807, 2.05) is 13.1 Å². The Morgan fingerprint density at radius 1 is 1.41 bits per heavy atom. The Kier molecular flexibility index (Phi) is 6.89. The number of nitrogens with zero attached hydrogens (tertiary/aromatic N) is 2. The number of aryl methyl sites for hydroxylation is 1. The first-order valence-corrected chi connectivity index (χ1v) is 6.66. The summed E-state index contributed by atoms with van der Waals surface area (Å²) in [6, 6.07) is 2.45. The maximum absolute atomic E-state index is 5.44. The van der Waals surface area contributed by atoms with Crippen LogP contribution in [0.3, 0.4) is 0 Å². The minimum Gasteiger partial charge on any atom is -0.382 e. The number of aromatic nitrogens is 2. The van der Waals surface area contributed by atoms with E-state index in [2.05, 4.69) is 35.0 Å². The van der Waals surface area contributed by atoms with Crippen LogP contribution in [-0.2, 0) is 11.3 Å². The van der Waals surface area contributed by atoms with Crippen LogP contribution in [0, 0.1) is 0 Å². The molecule has 1 rings (SSSR count). The zero-order valence-corrected chi connectivity index (χ0v) is 11.3. The molecule has 0 fully saturated rings. The van der Waals surface area contributed by atoms with E-state index < -0.39 is 0 Å². The number of hydrogen-bond donors (Lipinski definition) is 1. The summed E-state index contributed by atoms with van der Waals surface area (Å²) in [5.41, 5.74) is 1.27. The molecule has 0 saturated carbocycles. The molecule has 1 N–H and O–H groups in total. The monoisotopic (exact) mass is 239 g/mol. The standard InChI is InChI=1S/C13H25N3O/c1-4-10-16-13(7-9-15-16)12(14-5-2)8-11-17-6-3/h7,9,12,14H,4-6,8,10-11H2,1-3H3. The van der Waals surface area contributed by atoms with Gasteiger partial charge in [0.15, 0.2) is 0 Å². The summed E-state index contributed by atoms with van der Waals surface area (Å²) in [5, 5.41) is 7.88. The molecular formula is C13H25N3O. The molecule has 1 unspecified atom stereocenters. The van der Waals surface area contributed by atoms with Crippen LogP contribution in [0.4, 0.5) is 0 Å².